The van der Waals surface area contributed by atoms with Crippen molar-refractivity contribution in [3.05, 3.63) is 12.2 Å². The molecule has 0 fully saturated rings. The molecule has 0 amide bonds. The molecule has 0 aliphatic heterocycles. The monoisotopic (exact) mass is 431 g/mol. The van der Waals surface area contributed by atoms with Gasteiger partial charge in [-0.05, 0) is 25.7 Å². The molecule has 0 heterocycles. The average Bonchev–Trinajstić information content (AvgIpc) is 2.69. The summed E-state index contributed by atoms with van der Waals surface area (Å²) < 4.78 is 4.86. The van der Waals surface area contributed by atoms with Crippen LogP contribution in [-0.2, 0) is 14.3 Å². The number of aliphatic hydroxyl groups excluding tert-OH is 3. The average molecular weight is 432 g/mol. The molecule has 5 atom stereocenters. The Hall–Kier alpha value is -1.48. The zero-order chi connectivity index (χ0) is 22.9. The van der Waals surface area contributed by atoms with E-state index in [9.17, 15) is 24.9 Å². The van der Waals surface area contributed by atoms with Crippen LogP contribution in [0.15, 0.2) is 12.2 Å². The molecule has 0 spiro atoms. The molecule has 0 rings (SSSR count). The maximum atomic E-state index is 11.2. The highest BCUT2D eigenvalue weighted by molar-refractivity contribution is 5.74. The number of ether oxygens (including phenoxy) is 1. The van der Waals surface area contributed by atoms with Gasteiger partial charge in [0.05, 0.1) is 6.10 Å². The Morgan fingerprint density at radius 1 is 0.967 bits per heavy atom. The molecule has 0 aromatic heterocycles. The Bertz CT molecular complexity index is 498. The lowest BCUT2D eigenvalue weighted by atomic mass is 10.00. The first kappa shape index (κ1) is 28.5. The molecular formula is C22H41NO7. The lowest BCUT2D eigenvalue weighted by Crippen LogP contribution is -2.53. The summed E-state index contributed by atoms with van der Waals surface area (Å²) in [5.41, 5.74) is 5.36. The summed E-state index contributed by atoms with van der Waals surface area (Å²) in [5.74, 6) is -2.21. The minimum absolute atomic E-state index is 0.210. The number of carboxylic acid groups (broad SMARTS) is 1. The number of hydrogen-bond acceptors (Lipinski definition) is 7. The number of hydrogen-bond donors (Lipinski definition) is 5. The summed E-state index contributed by atoms with van der Waals surface area (Å²) in [4.78, 5) is 22.1. The summed E-state index contributed by atoms with van der Waals surface area (Å²) in [6.45, 7) is 3.27. The Balaban J connectivity index is 4.13. The quantitative estimate of drug-likeness (QED) is 0.126. The van der Waals surface area contributed by atoms with Gasteiger partial charge in [-0.3, -0.25) is 9.59 Å². The highest BCUT2D eigenvalue weighted by atomic mass is 16.6. The highest BCUT2D eigenvalue weighted by Crippen LogP contribution is 2.14. The predicted octanol–water partition coefficient (Wildman–Crippen LogP) is 2.28. The third-order valence-corrected chi connectivity index (χ3v) is 5.01. The SMILES string of the molecule is CCCCCCC(O)CCCCCC/C=C/[C@H](O)[C@@H](OC(C)=O)[C@H](O)[C@H](N)C(=O)O. The summed E-state index contributed by atoms with van der Waals surface area (Å²) >= 11 is 0. The molecule has 176 valence electrons. The second kappa shape index (κ2) is 17.2. The zero-order valence-electron chi connectivity index (χ0n) is 18.4. The second-order valence-corrected chi connectivity index (χ2v) is 7.84. The number of aliphatic hydroxyl groups is 3. The van der Waals surface area contributed by atoms with Crippen molar-refractivity contribution in [2.45, 2.75) is 115 Å². The standard InChI is InChI=1S/C22H41NO7/c1-3-4-5-10-13-17(25)14-11-8-6-7-9-12-15-18(26)21(30-16(2)24)20(27)19(23)22(28)29/h12,15,17-21,25-27H,3-11,13-14,23H2,1-2H3,(H,28,29)/b15-12+/t17?,18-,19-,20+,21+/m0/s1. The third kappa shape index (κ3) is 13.7. The van der Waals surface area contributed by atoms with Crippen LogP contribution in [0.5, 0.6) is 0 Å². The number of carboxylic acids is 1. The fraction of sp³-hybridized carbons (Fsp3) is 0.818. The van der Waals surface area contributed by atoms with Gasteiger partial charge in [-0.1, -0.05) is 64.0 Å². The molecule has 0 aliphatic carbocycles. The molecular weight excluding hydrogens is 390 g/mol. The van der Waals surface area contributed by atoms with E-state index in [1.165, 1.54) is 25.3 Å². The van der Waals surface area contributed by atoms with E-state index in [0.29, 0.717) is 6.42 Å². The van der Waals surface area contributed by atoms with Gasteiger partial charge in [0.15, 0.2) is 6.10 Å². The molecule has 0 aromatic rings. The van der Waals surface area contributed by atoms with Crippen LogP contribution in [0.4, 0.5) is 0 Å². The first-order valence-corrected chi connectivity index (χ1v) is 11.1. The number of carbonyl (C=O) groups is 2. The second-order valence-electron chi connectivity index (χ2n) is 7.84. The minimum Gasteiger partial charge on any atom is -0.480 e. The van der Waals surface area contributed by atoms with Crippen LogP contribution in [0.1, 0.15) is 84.5 Å². The van der Waals surface area contributed by atoms with Gasteiger partial charge in [-0.15, -0.1) is 0 Å². The van der Waals surface area contributed by atoms with Crippen molar-refractivity contribution < 1.29 is 34.8 Å². The van der Waals surface area contributed by atoms with Crippen LogP contribution < -0.4 is 5.73 Å². The molecule has 30 heavy (non-hydrogen) atoms. The van der Waals surface area contributed by atoms with Crippen LogP contribution >= 0.6 is 0 Å². The molecule has 8 nitrogen and oxygen atoms in total. The summed E-state index contributed by atoms with van der Waals surface area (Å²) in [7, 11) is 0. The van der Waals surface area contributed by atoms with Gasteiger partial charge in [0.2, 0.25) is 0 Å². The van der Waals surface area contributed by atoms with E-state index < -0.39 is 36.3 Å². The number of rotatable bonds is 18. The van der Waals surface area contributed by atoms with Crippen molar-refractivity contribution in [3.63, 3.8) is 0 Å². The van der Waals surface area contributed by atoms with Crippen LogP contribution in [-0.4, -0.2) is 62.8 Å². The summed E-state index contributed by atoms with van der Waals surface area (Å²) in [6.07, 6.45) is 9.29. The number of esters is 1. The van der Waals surface area contributed by atoms with Crippen LogP contribution in [0.2, 0.25) is 0 Å². The van der Waals surface area contributed by atoms with E-state index >= 15 is 0 Å². The van der Waals surface area contributed by atoms with E-state index in [0.717, 1.165) is 51.9 Å². The topological polar surface area (TPSA) is 150 Å². The minimum atomic E-state index is -1.74. The van der Waals surface area contributed by atoms with Crippen molar-refractivity contribution in [3.8, 4) is 0 Å². The van der Waals surface area contributed by atoms with Gasteiger partial charge < -0.3 is 30.9 Å². The summed E-state index contributed by atoms with van der Waals surface area (Å²) in [5, 5.41) is 39.0. The van der Waals surface area contributed by atoms with E-state index in [1.54, 1.807) is 6.08 Å². The molecule has 0 aromatic carbocycles. The van der Waals surface area contributed by atoms with Crippen LogP contribution in [0.25, 0.3) is 0 Å². The molecule has 0 bridgehead atoms. The Kier molecular flexibility index (Phi) is 16.4. The lowest BCUT2D eigenvalue weighted by molar-refractivity contribution is -0.164. The van der Waals surface area contributed by atoms with Crippen molar-refractivity contribution in [1.29, 1.82) is 0 Å². The molecule has 0 saturated heterocycles. The van der Waals surface area contributed by atoms with E-state index in [2.05, 4.69) is 6.92 Å². The fourth-order valence-electron chi connectivity index (χ4n) is 3.18. The number of unbranched alkanes of at least 4 members (excludes halogenated alkanes) is 7. The highest BCUT2D eigenvalue weighted by Gasteiger charge is 2.36. The molecule has 0 saturated carbocycles. The predicted molar refractivity (Wildman–Crippen MR) is 115 cm³/mol. The maximum Gasteiger partial charge on any atom is 0.323 e. The Morgan fingerprint density at radius 2 is 1.53 bits per heavy atom. The van der Waals surface area contributed by atoms with E-state index in [1.807, 2.05) is 0 Å². The van der Waals surface area contributed by atoms with Crippen LogP contribution in [0, 0.1) is 0 Å². The fourth-order valence-corrected chi connectivity index (χ4v) is 3.18. The van der Waals surface area contributed by atoms with E-state index in [-0.39, 0.29) is 6.10 Å². The third-order valence-electron chi connectivity index (χ3n) is 5.01. The van der Waals surface area contributed by atoms with Gasteiger partial charge >= 0.3 is 11.9 Å². The number of allylic oxidation sites excluding steroid dienone is 1. The van der Waals surface area contributed by atoms with Crippen molar-refractivity contribution in [2.75, 3.05) is 0 Å². The number of aliphatic carboxylic acids is 1. The zero-order valence-corrected chi connectivity index (χ0v) is 18.4. The molecule has 8 heteroatoms. The Labute approximate surface area is 180 Å². The van der Waals surface area contributed by atoms with Crippen LogP contribution in [0.3, 0.4) is 0 Å². The van der Waals surface area contributed by atoms with Gasteiger partial charge in [0.25, 0.3) is 0 Å². The molecule has 1 unspecified atom stereocenters. The molecule has 0 radical (unpaired) electrons. The van der Waals surface area contributed by atoms with Gasteiger partial charge in [-0.25, -0.2) is 0 Å². The largest absolute Gasteiger partial charge is 0.480 e. The smallest absolute Gasteiger partial charge is 0.323 e. The lowest BCUT2D eigenvalue weighted by Gasteiger charge is -2.27. The summed E-state index contributed by atoms with van der Waals surface area (Å²) in [6, 6.07) is -1.68. The van der Waals surface area contributed by atoms with Gasteiger partial charge in [0.1, 0.15) is 18.2 Å². The van der Waals surface area contributed by atoms with E-state index in [4.69, 9.17) is 15.6 Å². The van der Waals surface area contributed by atoms with Crippen molar-refractivity contribution >= 4 is 11.9 Å². The van der Waals surface area contributed by atoms with Crippen molar-refractivity contribution in [1.82, 2.24) is 0 Å². The van der Waals surface area contributed by atoms with Crippen molar-refractivity contribution in [2.24, 2.45) is 5.73 Å². The Morgan fingerprint density at radius 3 is 2.07 bits per heavy atom. The molecule has 6 N–H and O–H groups in total. The maximum absolute atomic E-state index is 11.2. The first-order chi connectivity index (χ1) is 14.2. The van der Waals surface area contributed by atoms with Gasteiger partial charge in [-0.2, -0.15) is 0 Å². The normalized spacial score (nSPS) is 16.7. The first-order valence-electron chi connectivity index (χ1n) is 11.1. The number of nitrogens with two attached hydrogens (primary N) is 1. The molecule has 0 aliphatic rings. The number of carbonyl (C=O) groups excluding carboxylic acids is 1. The van der Waals surface area contributed by atoms with Gasteiger partial charge in [0, 0.05) is 6.92 Å².